The topological polar surface area (TPSA) is 93.7 Å². The van der Waals surface area contributed by atoms with E-state index in [0.717, 1.165) is 0 Å². The molecule has 4 nitrogen and oxygen atoms in total. The summed E-state index contributed by atoms with van der Waals surface area (Å²) in [5.41, 5.74) is 0. The second-order valence-electron chi connectivity index (χ2n) is 4.36. The van der Waals surface area contributed by atoms with E-state index in [2.05, 4.69) is 0 Å². The average molecular weight is 427 g/mol. The lowest BCUT2D eigenvalue weighted by Gasteiger charge is -2.38. The van der Waals surface area contributed by atoms with Crippen LogP contribution in [0.25, 0.3) is 0 Å². The minimum Gasteiger partial charge on any atom is -0.743 e. The first-order valence-corrected chi connectivity index (χ1v) is 6.71. The number of halogens is 12. The number of alkyl halides is 12. The van der Waals surface area contributed by atoms with Crippen LogP contribution < -0.4 is 6.15 Å². The van der Waals surface area contributed by atoms with Crippen LogP contribution in [0.5, 0.6) is 0 Å². The molecule has 0 aliphatic rings. The summed E-state index contributed by atoms with van der Waals surface area (Å²) in [5.74, 6) is -22.0. The fourth-order valence-electron chi connectivity index (χ4n) is 1.22. The van der Waals surface area contributed by atoms with E-state index >= 15 is 0 Å². The molecule has 0 saturated heterocycles. The van der Waals surface area contributed by atoms with Crippen molar-refractivity contribution in [2.75, 3.05) is 0 Å². The van der Waals surface area contributed by atoms with Gasteiger partial charge < -0.3 is 10.7 Å². The van der Waals surface area contributed by atoms with Crippen molar-refractivity contribution >= 4 is 10.1 Å². The number of hydrogen-bond donors (Lipinski definition) is 1. The number of quaternary nitrogens is 1. The van der Waals surface area contributed by atoms with Gasteiger partial charge >= 0.3 is 29.2 Å². The molecule has 0 bridgehead atoms. The summed E-state index contributed by atoms with van der Waals surface area (Å²) >= 11 is 0. The van der Waals surface area contributed by atoms with Crippen LogP contribution in [0.1, 0.15) is 12.8 Å². The van der Waals surface area contributed by atoms with Crippen LogP contribution in [0.4, 0.5) is 52.7 Å². The van der Waals surface area contributed by atoms with Crippen LogP contribution in [-0.2, 0) is 10.1 Å². The maximum absolute atomic E-state index is 13.0. The van der Waals surface area contributed by atoms with Crippen LogP contribution in [0.15, 0.2) is 0 Å². The Morgan fingerprint density at radius 3 is 1.44 bits per heavy atom. The average Bonchev–Trinajstić information content (AvgIpc) is 2.32. The monoisotopic (exact) mass is 427 g/mol. The van der Waals surface area contributed by atoms with E-state index in [-0.39, 0.29) is 6.15 Å². The van der Waals surface area contributed by atoms with E-state index < -0.39 is 58.3 Å². The highest BCUT2D eigenvalue weighted by molar-refractivity contribution is 7.86. The summed E-state index contributed by atoms with van der Waals surface area (Å²) < 4.78 is 180. The molecule has 0 aromatic rings. The Hall–Kier alpha value is -0.970. The fraction of sp³-hybridized carbons (Fsp3) is 1.00. The molecular weight excluding hydrogens is 418 g/mol. The van der Waals surface area contributed by atoms with Gasteiger partial charge in [-0.15, -0.1) is 0 Å². The molecule has 0 spiro atoms. The van der Waals surface area contributed by atoms with E-state index in [1.165, 1.54) is 0 Å². The third-order valence-electron chi connectivity index (χ3n) is 2.57. The molecule has 1 atom stereocenters. The SMILES string of the molecule is O=S(=O)([O-])C(F)(F)C(F)(F)C(F)(F)C(F)(F)C(F)CCC(F)(F)F.[NH4+]. The molecule has 0 heterocycles. The molecule has 0 radical (unpaired) electrons. The molecule has 0 aliphatic carbocycles. The highest BCUT2D eigenvalue weighted by Gasteiger charge is 2.84. The van der Waals surface area contributed by atoms with Gasteiger partial charge in [-0.1, -0.05) is 0 Å². The zero-order chi connectivity index (χ0) is 20.0. The molecule has 0 fully saturated rings. The van der Waals surface area contributed by atoms with Gasteiger partial charge in [-0.25, -0.2) is 12.8 Å². The fourth-order valence-corrected chi connectivity index (χ4v) is 1.66. The Labute approximate surface area is 131 Å². The van der Waals surface area contributed by atoms with Gasteiger partial charge in [0, 0.05) is 6.42 Å². The smallest absolute Gasteiger partial charge is 0.402 e. The highest BCUT2D eigenvalue weighted by Crippen LogP contribution is 2.55. The van der Waals surface area contributed by atoms with Gasteiger partial charge in [-0.2, -0.15) is 48.3 Å². The Morgan fingerprint density at radius 2 is 1.16 bits per heavy atom. The Morgan fingerprint density at radius 1 is 0.800 bits per heavy atom. The summed E-state index contributed by atoms with van der Waals surface area (Å²) in [5, 5.41) is -7.29. The van der Waals surface area contributed by atoms with Crippen molar-refractivity contribution < 1.29 is 65.7 Å². The van der Waals surface area contributed by atoms with Gasteiger partial charge in [0.1, 0.15) is 0 Å². The van der Waals surface area contributed by atoms with E-state index in [1.807, 2.05) is 0 Å². The standard InChI is InChI=1S/C8H6F12O3S.H3N/c9-3(1-2-4(10,11)12)5(13,14)6(15,16)7(17,18)8(19,20)24(21,22)23;/h3H,1-2H2,(H,21,22,23);1H3. The van der Waals surface area contributed by atoms with Crippen molar-refractivity contribution in [3.63, 3.8) is 0 Å². The van der Waals surface area contributed by atoms with Crippen LogP contribution in [0.3, 0.4) is 0 Å². The van der Waals surface area contributed by atoms with Crippen molar-refractivity contribution in [2.45, 2.75) is 48.2 Å². The lowest BCUT2D eigenvalue weighted by atomic mass is 9.97. The first-order chi connectivity index (χ1) is 10.1. The molecule has 0 aliphatic heterocycles. The van der Waals surface area contributed by atoms with Crippen LogP contribution >= 0.6 is 0 Å². The molecule has 0 rings (SSSR count). The summed E-state index contributed by atoms with van der Waals surface area (Å²) in [7, 11) is -7.61. The molecular formula is C8H9F12NO3S. The molecule has 0 amide bonds. The maximum Gasteiger partial charge on any atom is 0.402 e. The highest BCUT2D eigenvalue weighted by atomic mass is 32.2. The third-order valence-corrected chi connectivity index (χ3v) is 3.45. The lowest BCUT2D eigenvalue weighted by Crippen LogP contribution is -2.66. The minimum absolute atomic E-state index is 0. The molecule has 0 aromatic carbocycles. The normalized spacial score (nSPS) is 16.4. The first kappa shape index (κ1) is 26.3. The quantitative estimate of drug-likeness (QED) is 0.490. The summed E-state index contributed by atoms with van der Waals surface area (Å²) in [4.78, 5) is 0. The summed E-state index contributed by atoms with van der Waals surface area (Å²) in [6.07, 6.45) is -15.1. The van der Waals surface area contributed by atoms with Crippen LogP contribution in [0.2, 0.25) is 0 Å². The van der Waals surface area contributed by atoms with E-state index in [1.54, 1.807) is 0 Å². The van der Waals surface area contributed by atoms with Crippen molar-refractivity contribution in [1.29, 1.82) is 0 Å². The molecule has 154 valence electrons. The second kappa shape index (κ2) is 6.98. The zero-order valence-electron chi connectivity index (χ0n) is 11.7. The predicted octanol–water partition coefficient (Wildman–Crippen LogP) is 4.09. The van der Waals surface area contributed by atoms with Gasteiger partial charge in [0.15, 0.2) is 16.3 Å². The number of rotatable bonds is 7. The van der Waals surface area contributed by atoms with Crippen LogP contribution in [-0.4, -0.2) is 48.3 Å². The van der Waals surface area contributed by atoms with Crippen molar-refractivity contribution in [1.82, 2.24) is 6.15 Å². The van der Waals surface area contributed by atoms with E-state index in [4.69, 9.17) is 0 Å². The Kier molecular flexibility index (Phi) is 7.33. The summed E-state index contributed by atoms with van der Waals surface area (Å²) in [6.45, 7) is 0. The van der Waals surface area contributed by atoms with Crippen molar-refractivity contribution in [3.05, 3.63) is 0 Å². The maximum atomic E-state index is 13.0. The van der Waals surface area contributed by atoms with E-state index in [9.17, 15) is 65.7 Å². The largest absolute Gasteiger partial charge is 0.743 e. The molecule has 25 heavy (non-hydrogen) atoms. The van der Waals surface area contributed by atoms with Gasteiger partial charge in [-0.3, -0.25) is 0 Å². The second-order valence-corrected chi connectivity index (χ2v) is 5.79. The molecule has 17 heteroatoms. The first-order valence-electron chi connectivity index (χ1n) is 5.30. The molecule has 0 aromatic heterocycles. The van der Waals surface area contributed by atoms with Gasteiger partial charge in [0.05, 0.1) is 0 Å². The van der Waals surface area contributed by atoms with Crippen LogP contribution in [0, 0.1) is 0 Å². The van der Waals surface area contributed by atoms with Crippen molar-refractivity contribution in [2.24, 2.45) is 0 Å². The van der Waals surface area contributed by atoms with Gasteiger partial charge in [-0.05, 0) is 6.42 Å². The minimum atomic E-state index is -7.62. The Balaban J connectivity index is 0. The molecule has 0 saturated carbocycles. The van der Waals surface area contributed by atoms with Gasteiger partial charge in [0.25, 0.3) is 0 Å². The molecule has 1 unspecified atom stereocenters. The number of hydrogen-bond acceptors (Lipinski definition) is 3. The molecule has 4 N–H and O–H groups in total. The Bertz CT molecular complexity index is 557. The van der Waals surface area contributed by atoms with Gasteiger partial charge in [0.2, 0.25) is 0 Å². The van der Waals surface area contributed by atoms with E-state index in [0.29, 0.717) is 0 Å². The zero-order valence-corrected chi connectivity index (χ0v) is 12.5. The third kappa shape index (κ3) is 4.60. The predicted molar refractivity (Wildman–Crippen MR) is 55.7 cm³/mol. The lowest BCUT2D eigenvalue weighted by molar-refractivity contribution is -0.360. The van der Waals surface area contributed by atoms with Crippen molar-refractivity contribution in [3.8, 4) is 0 Å². The summed E-state index contributed by atoms with van der Waals surface area (Å²) in [6, 6.07) is 0.